The van der Waals surface area contributed by atoms with Gasteiger partial charge in [-0.05, 0) is 54.1 Å². The monoisotopic (exact) mass is 457 g/mol. The summed E-state index contributed by atoms with van der Waals surface area (Å²) in [5.74, 6) is -0.811. The van der Waals surface area contributed by atoms with Crippen molar-refractivity contribution in [2.75, 3.05) is 10.6 Å². The molecule has 4 rings (SSSR count). The Morgan fingerprint density at radius 3 is 2.18 bits per heavy atom. The quantitative estimate of drug-likeness (QED) is 0.337. The molecule has 0 aliphatic carbocycles. The van der Waals surface area contributed by atoms with Crippen molar-refractivity contribution >= 4 is 35.1 Å². The van der Waals surface area contributed by atoms with Crippen molar-refractivity contribution in [3.8, 4) is 0 Å². The van der Waals surface area contributed by atoms with E-state index in [2.05, 4.69) is 15.6 Å². The number of nitrogens with zero attached hydrogens (tertiary/aromatic N) is 1. The van der Waals surface area contributed by atoms with Crippen LogP contribution in [-0.4, -0.2) is 16.8 Å². The maximum Gasteiger partial charge on any atom is 0.258 e. The minimum atomic E-state index is -0.577. The van der Waals surface area contributed by atoms with E-state index in [-0.39, 0.29) is 11.5 Å². The molecule has 2 amide bonds. The third kappa shape index (κ3) is 5.84. The van der Waals surface area contributed by atoms with Crippen molar-refractivity contribution in [2.24, 2.45) is 0 Å². The van der Waals surface area contributed by atoms with E-state index in [9.17, 15) is 14.0 Å². The van der Waals surface area contributed by atoms with Crippen molar-refractivity contribution in [3.63, 3.8) is 0 Å². The average Bonchev–Trinajstić information content (AvgIpc) is 2.85. The van der Waals surface area contributed by atoms with Gasteiger partial charge in [0.25, 0.3) is 5.91 Å². The van der Waals surface area contributed by atoms with Gasteiger partial charge in [-0.1, -0.05) is 48.5 Å². The van der Waals surface area contributed by atoms with Crippen LogP contribution >= 0.6 is 11.8 Å². The van der Waals surface area contributed by atoms with Crippen LogP contribution in [0.25, 0.3) is 0 Å². The van der Waals surface area contributed by atoms with Gasteiger partial charge in [0.1, 0.15) is 16.9 Å². The van der Waals surface area contributed by atoms with Crippen LogP contribution in [0.5, 0.6) is 0 Å². The molecule has 4 aromatic rings. The SMILES string of the molecule is O=C(Nc1ccc(SC(C(=O)Nc2ccccn2)c2ccccc2)cc1)c1ccccc1F. The number of hydrogen-bond donors (Lipinski definition) is 2. The molecule has 164 valence electrons. The number of rotatable bonds is 7. The third-order valence-corrected chi connectivity index (χ3v) is 6.01. The second kappa shape index (κ2) is 10.6. The summed E-state index contributed by atoms with van der Waals surface area (Å²) in [6.07, 6.45) is 1.62. The van der Waals surface area contributed by atoms with Crippen LogP contribution in [0.1, 0.15) is 21.2 Å². The van der Waals surface area contributed by atoms with Gasteiger partial charge in [-0.2, -0.15) is 0 Å². The highest BCUT2D eigenvalue weighted by molar-refractivity contribution is 8.00. The lowest BCUT2D eigenvalue weighted by atomic mass is 10.1. The largest absolute Gasteiger partial charge is 0.322 e. The molecule has 0 aliphatic rings. The number of aromatic nitrogens is 1. The second-order valence-electron chi connectivity index (χ2n) is 7.07. The maximum atomic E-state index is 13.8. The number of thioether (sulfide) groups is 1. The van der Waals surface area contributed by atoms with Crippen LogP contribution < -0.4 is 10.6 Å². The van der Waals surface area contributed by atoms with Gasteiger partial charge in [0.2, 0.25) is 5.91 Å². The number of carbonyl (C=O) groups excluding carboxylic acids is 2. The van der Waals surface area contributed by atoms with E-state index in [4.69, 9.17) is 0 Å². The number of benzene rings is 3. The average molecular weight is 458 g/mol. The molecular weight excluding hydrogens is 437 g/mol. The van der Waals surface area contributed by atoms with Gasteiger partial charge in [-0.3, -0.25) is 9.59 Å². The molecule has 1 atom stereocenters. The molecule has 2 N–H and O–H groups in total. The van der Waals surface area contributed by atoms with Gasteiger partial charge >= 0.3 is 0 Å². The lowest BCUT2D eigenvalue weighted by Crippen LogP contribution is -2.19. The van der Waals surface area contributed by atoms with E-state index < -0.39 is 17.0 Å². The molecule has 1 aromatic heterocycles. The Kier molecular flexibility index (Phi) is 7.12. The first kappa shape index (κ1) is 22.2. The predicted molar refractivity (Wildman–Crippen MR) is 129 cm³/mol. The summed E-state index contributed by atoms with van der Waals surface area (Å²) >= 11 is 1.38. The molecule has 5 nitrogen and oxygen atoms in total. The first-order valence-corrected chi connectivity index (χ1v) is 11.1. The van der Waals surface area contributed by atoms with Crippen LogP contribution in [-0.2, 0) is 4.79 Å². The zero-order chi connectivity index (χ0) is 23.0. The first-order chi connectivity index (χ1) is 16.1. The molecule has 0 saturated heterocycles. The topological polar surface area (TPSA) is 71.1 Å². The molecule has 3 aromatic carbocycles. The molecule has 0 saturated carbocycles. The number of nitrogens with one attached hydrogen (secondary N) is 2. The van der Waals surface area contributed by atoms with Crippen molar-refractivity contribution in [2.45, 2.75) is 10.1 Å². The Hall–Kier alpha value is -3.97. The highest BCUT2D eigenvalue weighted by atomic mass is 32.2. The Morgan fingerprint density at radius 2 is 1.48 bits per heavy atom. The summed E-state index contributed by atoms with van der Waals surface area (Å²) < 4.78 is 13.8. The Balaban J connectivity index is 1.49. The summed E-state index contributed by atoms with van der Waals surface area (Å²) in [6.45, 7) is 0. The fourth-order valence-electron chi connectivity index (χ4n) is 3.13. The fourth-order valence-corrected chi connectivity index (χ4v) is 4.15. The van der Waals surface area contributed by atoms with Crippen LogP contribution in [0.15, 0.2) is 108 Å². The molecule has 33 heavy (non-hydrogen) atoms. The molecule has 7 heteroatoms. The summed E-state index contributed by atoms with van der Waals surface area (Å²) in [5.41, 5.74) is 1.36. The zero-order valence-electron chi connectivity index (χ0n) is 17.4. The van der Waals surface area contributed by atoms with Gasteiger partial charge in [0, 0.05) is 16.8 Å². The van der Waals surface area contributed by atoms with Crippen LogP contribution in [0, 0.1) is 5.82 Å². The van der Waals surface area contributed by atoms with Crippen molar-refractivity contribution < 1.29 is 14.0 Å². The lowest BCUT2D eigenvalue weighted by molar-refractivity contribution is -0.115. The number of halogens is 1. The van der Waals surface area contributed by atoms with Gasteiger partial charge in [0.15, 0.2) is 0 Å². The number of pyridine rings is 1. The highest BCUT2D eigenvalue weighted by Crippen LogP contribution is 2.36. The van der Waals surface area contributed by atoms with Crippen LogP contribution in [0.2, 0.25) is 0 Å². The molecule has 0 bridgehead atoms. The summed E-state index contributed by atoms with van der Waals surface area (Å²) in [4.78, 5) is 30.4. The number of anilines is 2. The summed E-state index contributed by atoms with van der Waals surface area (Å²) in [7, 11) is 0. The van der Waals surface area contributed by atoms with Gasteiger partial charge < -0.3 is 10.6 Å². The minimum Gasteiger partial charge on any atom is -0.322 e. The summed E-state index contributed by atoms with van der Waals surface area (Å²) in [6, 6.07) is 27.7. The number of amides is 2. The van der Waals surface area contributed by atoms with Crippen LogP contribution in [0.4, 0.5) is 15.9 Å². The Labute approximate surface area is 195 Å². The predicted octanol–water partition coefficient (Wildman–Crippen LogP) is 5.95. The Morgan fingerprint density at radius 1 is 0.788 bits per heavy atom. The smallest absolute Gasteiger partial charge is 0.258 e. The van der Waals surface area contributed by atoms with E-state index >= 15 is 0 Å². The molecule has 0 radical (unpaired) electrons. The number of carbonyl (C=O) groups is 2. The zero-order valence-corrected chi connectivity index (χ0v) is 18.3. The van der Waals surface area contributed by atoms with Gasteiger partial charge in [-0.15, -0.1) is 11.8 Å². The van der Waals surface area contributed by atoms with Crippen molar-refractivity contribution in [1.82, 2.24) is 4.98 Å². The van der Waals surface area contributed by atoms with Crippen molar-refractivity contribution in [1.29, 1.82) is 0 Å². The van der Waals surface area contributed by atoms with E-state index in [0.717, 1.165) is 10.5 Å². The standard InChI is InChI=1S/C26H20FN3O2S/c27-22-11-5-4-10-21(22)25(31)29-19-13-15-20(16-14-19)33-24(18-8-2-1-3-9-18)26(32)30-23-12-6-7-17-28-23/h1-17,24H,(H,29,31)(H,28,30,32). The molecule has 0 spiro atoms. The summed E-state index contributed by atoms with van der Waals surface area (Å²) in [5, 5.41) is 5.04. The second-order valence-corrected chi connectivity index (χ2v) is 8.25. The first-order valence-electron chi connectivity index (χ1n) is 10.2. The van der Waals surface area contributed by atoms with Crippen LogP contribution in [0.3, 0.4) is 0 Å². The molecule has 0 aliphatic heterocycles. The Bertz CT molecular complexity index is 1240. The van der Waals surface area contributed by atoms with E-state index in [0.29, 0.717) is 11.5 Å². The highest BCUT2D eigenvalue weighted by Gasteiger charge is 2.22. The van der Waals surface area contributed by atoms with E-state index in [1.54, 1.807) is 36.5 Å². The third-order valence-electron chi connectivity index (χ3n) is 4.74. The van der Waals surface area contributed by atoms with Gasteiger partial charge in [-0.25, -0.2) is 9.37 Å². The minimum absolute atomic E-state index is 0.0220. The van der Waals surface area contributed by atoms with Gasteiger partial charge in [0.05, 0.1) is 5.56 Å². The van der Waals surface area contributed by atoms with E-state index in [1.165, 1.54) is 30.0 Å². The molecule has 0 fully saturated rings. The lowest BCUT2D eigenvalue weighted by Gasteiger charge is -2.17. The molecular formula is C26H20FN3O2S. The molecule has 1 heterocycles. The molecule has 1 unspecified atom stereocenters. The maximum absolute atomic E-state index is 13.8. The van der Waals surface area contributed by atoms with Crippen molar-refractivity contribution in [3.05, 3.63) is 120 Å². The number of hydrogen-bond acceptors (Lipinski definition) is 4. The normalized spacial score (nSPS) is 11.4. The fraction of sp³-hybridized carbons (Fsp3) is 0.0385. The van der Waals surface area contributed by atoms with E-state index in [1.807, 2.05) is 48.5 Å².